The summed E-state index contributed by atoms with van der Waals surface area (Å²) in [5, 5.41) is 0. The fraction of sp³-hybridized carbons (Fsp3) is 0.400. The van der Waals surface area contributed by atoms with Gasteiger partial charge in [-0.3, -0.25) is 0 Å². The molecule has 1 rings (SSSR count). The molecule has 82 valence electrons. The van der Waals surface area contributed by atoms with Crippen molar-refractivity contribution in [2.45, 2.75) is 20.3 Å². The molecule has 0 atom stereocenters. The summed E-state index contributed by atoms with van der Waals surface area (Å²) in [5.41, 5.74) is 4.38. The van der Waals surface area contributed by atoms with E-state index >= 15 is 0 Å². The fourth-order valence-corrected chi connectivity index (χ4v) is 1.05. The molecule has 1 heterocycles. The first-order chi connectivity index (χ1) is 7.15. The number of aromatic nitrogens is 2. The quantitative estimate of drug-likeness (QED) is 0.435. The highest BCUT2D eigenvalue weighted by atomic mass is 16.5. The summed E-state index contributed by atoms with van der Waals surface area (Å²) in [6.45, 7) is 8.18. The minimum atomic E-state index is 0.555. The van der Waals surface area contributed by atoms with Crippen molar-refractivity contribution in [3.05, 3.63) is 24.0 Å². The van der Waals surface area contributed by atoms with Crippen molar-refractivity contribution in [1.82, 2.24) is 9.97 Å². The topological polar surface area (TPSA) is 73.1 Å². The third-order valence-corrected chi connectivity index (χ3v) is 1.94. The molecule has 0 aliphatic carbocycles. The molecule has 0 radical (unpaired) electrons. The SMILES string of the molecule is C=C(C)CCOc1ncnc(NN)c1C. The molecular weight excluding hydrogens is 192 g/mol. The average Bonchev–Trinajstić information content (AvgIpc) is 2.20. The van der Waals surface area contributed by atoms with Crippen molar-refractivity contribution < 1.29 is 4.74 Å². The molecule has 0 aliphatic rings. The Morgan fingerprint density at radius 2 is 2.33 bits per heavy atom. The van der Waals surface area contributed by atoms with Crippen LogP contribution in [0.3, 0.4) is 0 Å². The predicted octanol–water partition coefficient (Wildman–Crippen LogP) is 1.42. The number of rotatable bonds is 5. The summed E-state index contributed by atoms with van der Waals surface area (Å²) in [7, 11) is 0. The highest BCUT2D eigenvalue weighted by Gasteiger charge is 2.06. The first-order valence-corrected chi connectivity index (χ1v) is 4.70. The molecule has 0 fully saturated rings. The van der Waals surface area contributed by atoms with Crippen molar-refractivity contribution in [3.63, 3.8) is 0 Å². The van der Waals surface area contributed by atoms with Gasteiger partial charge < -0.3 is 10.2 Å². The third-order valence-electron chi connectivity index (χ3n) is 1.94. The molecule has 3 N–H and O–H groups in total. The lowest BCUT2D eigenvalue weighted by Crippen LogP contribution is -2.11. The molecule has 5 nitrogen and oxygen atoms in total. The van der Waals surface area contributed by atoms with Gasteiger partial charge in [0.1, 0.15) is 12.1 Å². The summed E-state index contributed by atoms with van der Waals surface area (Å²) in [6, 6.07) is 0. The average molecular weight is 208 g/mol. The number of hydrazine groups is 1. The molecule has 0 unspecified atom stereocenters. The standard InChI is InChI=1S/C10H16N4O/c1-7(2)4-5-15-10-8(3)9(14-11)12-6-13-10/h6H,1,4-5,11H2,2-3H3,(H,12,13,14). The second kappa shape index (κ2) is 5.31. The lowest BCUT2D eigenvalue weighted by Gasteiger charge is -2.09. The lowest BCUT2D eigenvalue weighted by atomic mass is 10.2. The fourth-order valence-electron chi connectivity index (χ4n) is 1.05. The first-order valence-electron chi connectivity index (χ1n) is 4.70. The largest absolute Gasteiger partial charge is 0.477 e. The zero-order valence-corrected chi connectivity index (χ0v) is 9.08. The smallest absolute Gasteiger partial charge is 0.221 e. The molecule has 0 spiro atoms. The Balaban J connectivity index is 2.64. The zero-order valence-electron chi connectivity index (χ0n) is 9.08. The van der Waals surface area contributed by atoms with Crippen molar-refractivity contribution >= 4 is 5.82 Å². The molecule has 0 amide bonds. The number of hydrogen-bond acceptors (Lipinski definition) is 5. The van der Waals surface area contributed by atoms with E-state index < -0.39 is 0 Å². The maximum atomic E-state index is 5.48. The minimum absolute atomic E-state index is 0.555. The van der Waals surface area contributed by atoms with Crippen LogP contribution in [0.1, 0.15) is 18.9 Å². The van der Waals surface area contributed by atoms with Crippen LogP contribution < -0.4 is 16.0 Å². The van der Waals surface area contributed by atoms with Crippen LogP contribution in [0, 0.1) is 6.92 Å². The number of nitrogen functional groups attached to an aromatic ring is 1. The van der Waals surface area contributed by atoms with E-state index in [1.807, 2.05) is 13.8 Å². The molecule has 0 bridgehead atoms. The van der Waals surface area contributed by atoms with Crippen LogP contribution in [0.2, 0.25) is 0 Å². The third kappa shape index (κ3) is 3.21. The van der Waals surface area contributed by atoms with E-state index in [-0.39, 0.29) is 0 Å². The second-order valence-electron chi connectivity index (χ2n) is 3.35. The van der Waals surface area contributed by atoms with Crippen molar-refractivity contribution in [1.29, 1.82) is 0 Å². The number of hydrogen-bond donors (Lipinski definition) is 2. The lowest BCUT2D eigenvalue weighted by molar-refractivity contribution is 0.306. The summed E-state index contributed by atoms with van der Waals surface area (Å²) in [6.07, 6.45) is 2.23. The van der Waals surface area contributed by atoms with Gasteiger partial charge in [-0.2, -0.15) is 0 Å². The Hall–Kier alpha value is -1.62. The van der Waals surface area contributed by atoms with Gasteiger partial charge in [-0.1, -0.05) is 5.57 Å². The molecule has 15 heavy (non-hydrogen) atoms. The molecule has 0 aliphatic heterocycles. The second-order valence-corrected chi connectivity index (χ2v) is 3.35. The van der Waals surface area contributed by atoms with Gasteiger partial charge in [-0.15, -0.1) is 6.58 Å². The van der Waals surface area contributed by atoms with Gasteiger partial charge in [0, 0.05) is 6.42 Å². The maximum Gasteiger partial charge on any atom is 0.221 e. The molecule has 1 aromatic heterocycles. The van der Waals surface area contributed by atoms with E-state index in [4.69, 9.17) is 10.6 Å². The van der Waals surface area contributed by atoms with E-state index in [9.17, 15) is 0 Å². The molecular formula is C10H16N4O. The van der Waals surface area contributed by atoms with Crippen molar-refractivity contribution in [3.8, 4) is 5.88 Å². The number of anilines is 1. The highest BCUT2D eigenvalue weighted by Crippen LogP contribution is 2.19. The van der Waals surface area contributed by atoms with E-state index in [0.717, 1.165) is 17.6 Å². The van der Waals surface area contributed by atoms with Crippen LogP contribution in [-0.4, -0.2) is 16.6 Å². The van der Waals surface area contributed by atoms with Gasteiger partial charge in [0.15, 0.2) is 0 Å². The molecule has 1 aromatic rings. The maximum absolute atomic E-state index is 5.48. The highest BCUT2D eigenvalue weighted by molar-refractivity contribution is 5.46. The Labute approximate surface area is 89.3 Å². The Kier molecular flexibility index (Phi) is 4.05. The van der Waals surface area contributed by atoms with Crippen LogP contribution in [-0.2, 0) is 0 Å². The van der Waals surface area contributed by atoms with Crippen LogP contribution in [0.25, 0.3) is 0 Å². The normalized spacial score (nSPS) is 9.80. The summed E-state index contributed by atoms with van der Waals surface area (Å²) >= 11 is 0. The number of nitrogens with one attached hydrogen (secondary N) is 1. The van der Waals surface area contributed by atoms with Crippen LogP contribution in [0.4, 0.5) is 5.82 Å². The van der Waals surface area contributed by atoms with Gasteiger partial charge in [0.25, 0.3) is 0 Å². The number of nitrogens with zero attached hydrogens (tertiary/aromatic N) is 2. The number of nitrogens with two attached hydrogens (primary N) is 1. The predicted molar refractivity (Wildman–Crippen MR) is 59.5 cm³/mol. The Morgan fingerprint density at radius 1 is 1.60 bits per heavy atom. The van der Waals surface area contributed by atoms with Crippen LogP contribution in [0.5, 0.6) is 5.88 Å². The molecule has 0 saturated carbocycles. The van der Waals surface area contributed by atoms with E-state index in [1.165, 1.54) is 6.33 Å². The van der Waals surface area contributed by atoms with Gasteiger partial charge >= 0.3 is 0 Å². The van der Waals surface area contributed by atoms with Crippen LogP contribution in [0.15, 0.2) is 18.5 Å². The van der Waals surface area contributed by atoms with Gasteiger partial charge in [-0.05, 0) is 13.8 Å². The van der Waals surface area contributed by atoms with Crippen LogP contribution >= 0.6 is 0 Å². The monoisotopic (exact) mass is 208 g/mol. The van der Waals surface area contributed by atoms with E-state index in [2.05, 4.69) is 22.0 Å². The number of ether oxygens (including phenoxy) is 1. The minimum Gasteiger partial charge on any atom is -0.477 e. The Bertz CT molecular complexity index is 351. The van der Waals surface area contributed by atoms with Gasteiger partial charge in [-0.25, -0.2) is 15.8 Å². The zero-order chi connectivity index (χ0) is 11.3. The van der Waals surface area contributed by atoms with Crippen molar-refractivity contribution in [2.75, 3.05) is 12.0 Å². The van der Waals surface area contributed by atoms with E-state index in [1.54, 1.807) is 0 Å². The Morgan fingerprint density at radius 3 is 2.93 bits per heavy atom. The summed E-state index contributed by atoms with van der Waals surface area (Å²) in [4.78, 5) is 7.98. The first kappa shape index (κ1) is 11.5. The molecule has 0 aromatic carbocycles. The molecule has 0 saturated heterocycles. The van der Waals surface area contributed by atoms with Gasteiger partial charge in [0.2, 0.25) is 5.88 Å². The molecule has 5 heteroatoms. The summed E-state index contributed by atoms with van der Waals surface area (Å²) in [5.74, 6) is 6.42. The van der Waals surface area contributed by atoms with Crippen molar-refractivity contribution in [2.24, 2.45) is 5.84 Å². The van der Waals surface area contributed by atoms with Gasteiger partial charge in [0.05, 0.1) is 12.2 Å². The van der Waals surface area contributed by atoms with E-state index in [0.29, 0.717) is 18.3 Å². The summed E-state index contributed by atoms with van der Waals surface area (Å²) < 4.78 is 5.48.